The first-order chi connectivity index (χ1) is 15.3. The van der Waals surface area contributed by atoms with E-state index < -0.39 is 31.5 Å². The number of anilines is 1. The number of carbonyl (C=O) groups is 1. The van der Waals surface area contributed by atoms with Gasteiger partial charge in [0.05, 0.1) is 18.1 Å². The van der Waals surface area contributed by atoms with E-state index in [4.69, 9.17) is 9.47 Å². The molecule has 0 radical (unpaired) electrons. The zero-order valence-electron chi connectivity index (χ0n) is 17.2. The lowest BCUT2D eigenvalue weighted by Gasteiger charge is -2.11. The van der Waals surface area contributed by atoms with Crippen LogP contribution < -0.4 is 9.46 Å². The number of hydrogen-bond acceptors (Lipinski definition) is 8. The molecule has 0 aliphatic heterocycles. The van der Waals surface area contributed by atoms with E-state index in [1.807, 2.05) is 6.92 Å². The van der Waals surface area contributed by atoms with Gasteiger partial charge in [-0.05, 0) is 37.6 Å². The Morgan fingerprint density at radius 3 is 2.41 bits per heavy atom. The van der Waals surface area contributed by atoms with Crippen LogP contribution in [0, 0.1) is 10.1 Å². The highest BCUT2D eigenvalue weighted by atomic mass is 32.2. The molecule has 1 N–H and O–H groups in total. The fourth-order valence-electron chi connectivity index (χ4n) is 2.96. The SMILES string of the molecule is CCOC(=O)c1c(-c2ccc(OCC)cc2)csc1NS(=O)(=O)c1ccccc1[N+](=O)[O-]. The monoisotopic (exact) mass is 476 g/mol. The first kappa shape index (κ1) is 23.2. The highest BCUT2D eigenvalue weighted by molar-refractivity contribution is 7.93. The molecule has 3 rings (SSSR count). The predicted molar refractivity (Wildman–Crippen MR) is 121 cm³/mol. The number of nitro groups is 1. The Morgan fingerprint density at radius 1 is 1.09 bits per heavy atom. The molecule has 0 unspecified atom stereocenters. The minimum atomic E-state index is -4.35. The average molecular weight is 477 g/mol. The number of rotatable bonds is 9. The van der Waals surface area contributed by atoms with Crippen LogP contribution in [0.3, 0.4) is 0 Å². The fourth-order valence-corrected chi connectivity index (χ4v) is 5.42. The van der Waals surface area contributed by atoms with Crippen molar-refractivity contribution in [1.82, 2.24) is 0 Å². The van der Waals surface area contributed by atoms with Gasteiger partial charge in [0, 0.05) is 17.0 Å². The molecule has 32 heavy (non-hydrogen) atoms. The van der Waals surface area contributed by atoms with E-state index in [2.05, 4.69) is 4.72 Å². The first-order valence-corrected chi connectivity index (χ1v) is 11.9. The molecule has 11 heteroatoms. The van der Waals surface area contributed by atoms with E-state index in [1.165, 1.54) is 12.1 Å². The number of benzene rings is 2. The van der Waals surface area contributed by atoms with Crippen LogP contribution >= 0.6 is 11.3 Å². The first-order valence-electron chi connectivity index (χ1n) is 9.56. The minimum Gasteiger partial charge on any atom is -0.494 e. The predicted octanol–water partition coefficient (Wildman–Crippen LogP) is 4.70. The second-order valence-electron chi connectivity index (χ2n) is 6.36. The molecule has 1 aromatic heterocycles. The maximum atomic E-state index is 12.9. The summed E-state index contributed by atoms with van der Waals surface area (Å²) in [6, 6.07) is 12.0. The van der Waals surface area contributed by atoms with E-state index in [0.717, 1.165) is 23.5 Å². The van der Waals surface area contributed by atoms with E-state index in [9.17, 15) is 23.3 Å². The number of nitro benzene ring substituents is 1. The van der Waals surface area contributed by atoms with Crippen molar-refractivity contribution in [2.75, 3.05) is 17.9 Å². The number of para-hydroxylation sites is 1. The Bertz CT molecular complexity index is 1240. The molecule has 0 spiro atoms. The van der Waals surface area contributed by atoms with Crippen molar-refractivity contribution in [2.24, 2.45) is 0 Å². The van der Waals surface area contributed by atoms with Crippen molar-refractivity contribution in [3.8, 4) is 16.9 Å². The lowest BCUT2D eigenvalue weighted by molar-refractivity contribution is -0.387. The molecule has 3 aromatic rings. The molecule has 0 amide bonds. The third-order valence-corrected chi connectivity index (χ3v) is 6.75. The summed E-state index contributed by atoms with van der Waals surface area (Å²) < 4.78 is 38.8. The molecule has 0 saturated carbocycles. The number of nitrogens with one attached hydrogen (secondary N) is 1. The van der Waals surface area contributed by atoms with Crippen LogP contribution in [0.4, 0.5) is 10.7 Å². The van der Waals surface area contributed by atoms with Crippen molar-refractivity contribution in [3.63, 3.8) is 0 Å². The van der Waals surface area contributed by atoms with Crippen molar-refractivity contribution < 1.29 is 27.6 Å². The Kier molecular flexibility index (Phi) is 7.11. The van der Waals surface area contributed by atoms with Crippen LogP contribution in [0.1, 0.15) is 24.2 Å². The summed E-state index contributed by atoms with van der Waals surface area (Å²) in [4.78, 5) is 22.7. The van der Waals surface area contributed by atoms with Gasteiger partial charge >= 0.3 is 5.97 Å². The van der Waals surface area contributed by atoms with Crippen LogP contribution in [-0.4, -0.2) is 32.5 Å². The maximum absolute atomic E-state index is 12.9. The number of esters is 1. The second-order valence-corrected chi connectivity index (χ2v) is 8.89. The summed E-state index contributed by atoms with van der Waals surface area (Å²) in [7, 11) is -4.35. The summed E-state index contributed by atoms with van der Waals surface area (Å²) in [5, 5.41) is 12.9. The van der Waals surface area contributed by atoms with Gasteiger partial charge in [0.1, 0.15) is 16.3 Å². The summed E-state index contributed by atoms with van der Waals surface area (Å²) in [6.07, 6.45) is 0. The molecule has 1 heterocycles. The average Bonchev–Trinajstić information content (AvgIpc) is 3.17. The zero-order valence-corrected chi connectivity index (χ0v) is 18.9. The lowest BCUT2D eigenvalue weighted by Crippen LogP contribution is -2.16. The highest BCUT2D eigenvalue weighted by Gasteiger charge is 2.29. The van der Waals surface area contributed by atoms with E-state index in [1.54, 1.807) is 36.6 Å². The van der Waals surface area contributed by atoms with Gasteiger partial charge in [0.15, 0.2) is 4.90 Å². The molecule has 2 aromatic carbocycles. The van der Waals surface area contributed by atoms with Crippen molar-refractivity contribution in [1.29, 1.82) is 0 Å². The van der Waals surface area contributed by atoms with Crippen molar-refractivity contribution in [3.05, 3.63) is 69.6 Å². The summed E-state index contributed by atoms with van der Waals surface area (Å²) in [5.41, 5.74) is 0.588. The number of ether oxygens (including phenoxy) is 2. The molecule has 168 valence electrons. The van der Waals surface area contributed by atoms with Crippen LogP contribution in [0.5, 0.6) is 5.75 Å². The van der Waals surface area contributed by atoms with Crippen LogP contribution in [0.15, 0.2) is 58.8 Å². The molecular weight excluding hydrogens is 456 g/mol. The number of carbonyl (C=O) groups excluding carboxylic acids is 1. The standard InChI is InChI=1S/C21H20N2O7S2/c1-3-29-15-11-9-14(10-12-15)16-13-31-20(19(16)21(24)30-4-2)22-32(27,28)18-8-6-5-7-17(18)23(25)26/h5-13,22H,3-4H2,1-2H3. The van der Waals surface area contributed by atoms with Gasteiger partial charge in [-0.3, -0.25) is 14.8 Å². The quantitative estimate of drug-likeness (QED) is 0.270. The number of hydrogen-bond donors (Lipinski definition) is 1. The van der Waals surface area contributed by atoms with Gasteiger partial charge in [-0.25, -0.2) is 13.2 Å². The van der Waals surface area contributed by atoms with Gasteiger partial charge in [-0.1, -0.05) is 24.3 Å². The highest BCUT2D eigenvalue weighted by Crippen LogP contribution is 2.38. The van der Waals surface area contributed by atoms with E-state index >= 15 is 0 Å². The summed E-state index contributed by atoms with van der Waals surface area (Å²) >= 11 is 0.983. The molecule has 9 nitrogen and oxygen atoms in total. The molecule has 0 saturated heterocycles. The van der Waals surface area contributed by atoms with E-state index in [-0.39, 0.29) is 17.2 Å². The van der Waals surface area contributed by atoms with Gasteiger partial charge in [0.2, 0.25) is 0 Å². The van der Waals surface area contributed by atoms with Crippen molar-refractivity contribution in [2.45, 2.75) is 18.7 Å². The van der Waals surface area contributed by atoms with Crippen LogP contribution in [0.25, 0.3) is 11.1 Å². The minimum absolute atomic E-state index is 0.00508. The zero-order chi connectivity index (χ0) is 23.3. The van der Waals surface area contributed by atoms with Crippen LogP contribution in [0.2, 0.25) is 0 Å². The molecule has 0 aliphatic carbocycles. The largest absolute Gasteiger partial charge is 0.494 e. The molecule has 0 fully saturated rings. The second kappa shape index (κ2) is 9.79. The lowest BCUT2D eigenvalue weighted by atomic mass is 10.0. The Labute approximate surface area is 188 Å². The molecule has 0 atom stereocenters. The summed E-state index contributed by atoms with van der Waals surface area (Å²) in [6.45, 7) is 4.09. The summed E-state index contributed by atoms with van der Waals surface area (Å²) in [5.74, 6) is -0.0561. The van der Waals surface area contributed by atoms with Gasteiger partial charge in [-0.2, -0.15) is 0 Å². The maximum Gasteiger partial charge on any atom is 0.341 e. The van der Waals surface area contributed by atoms with Gasteiger partial charge in [0.25, 0.3) is 15.7 Å². The Balaban J connectivity index is 2.06. The third kappa shape index (κ3) is 4.89. The van der Waals surface area contributed by atoms with Crippen molar-refractivity contribution >= 4 is 38.0 Å². The fraction of sp³-hybridized carbons (Fsp3) is 0.190. The number of thiophene rings is 1. The smallest absolute Gasteiger partial charge is 0.341 e. The topological polar surface area (TPSA) is 125 Å². The normalized spacial score (nSPS) is 11.1. The Hall–Kier alpha value is -3.44. The number of sulfonamides is 1. The number of nitrogens with zero attached hydrogens (tertiary/aromatic N) is 1. The third-order valence-electron chi connectivity index (χ3n) is 4.33. The Morgan fingerprint density at radius 2 is 1.78 bits per heavy atom. The van der Waals surface area contributed by atoms with Gasteiger partial charge in [-0.15, -0.1) is 11.3 Å². The molecular formula is C21H20N2O7S2. The van der Waals surface area contributed by atoms with E-state index in [0.29, 0.717) is 23.5 Å². The molecule has 0 aliphatic rings. The molecule has 0 bridgehead atoms. The van der Waals surface area contributed by atoms with Gasteiger partial charge < -0.3 is 9.47 Å². The van der Waals surface area contributed by atoms with Crippen LogP contribution in [-0.2, 0) is 14.8 Å².